The highest BCUT2D eigenvalue weighted by Crippen LogP contribution is 2.25. The average molecular weight is 342 g/mol. The first-order valence-electron chi connectivity index (χ1n) is 5.82. The second-order valence-corrected chi connectivity index (χ2v) is 6.70. The van der Waals surface area contributed by atoms with Crippen molar-refractivity contribution in [2.45, 2.75) is 24.5 Å². The summed E-state index contributed by atoms with van der Waals surface area (Å²) in [5.41, 5.74) is 9.21. The van der Waals surface area contributed by atoms with Gasteiger partial charge in [0.05, 0.1) is 32.4 Å². The van der Waals surface area contributed by atoms with E-state index in [9.17, 15) is 4.21 Å². The molecule has 0 amide bonds. The van der Waals surface area contributed by atoms with E-state index in [4.69, 9.17) is 5.73 Å². The molecule has 1 aromatic heterocycles. The number of halogens is 1. The number of benzene rings is 1. The molecule has 102 valence electrons. The standard InChI is InChI=1S/C13H16BrN3OS/c1-8-4-5-10(15)6-12(8)19(18)7-11-13(14)9(2)16-17(11)3/h4-6H,7,15H2,1-3H3. The molecule has 0 saturated heterocycles. The summed E-state index contributed by atoms with van der Waals surface area (Å²) in [5, 5.41) is 4.31. The molecule has 0 aliphatic rings. The number of anilines is 1. The molecular weight excluding hydrogens is 326 g/mol. The quantitative estimate of drug-likeness (QED) is 0.873. The van der Waals surface area contributed by atoms with Gasteiger partial charge in [-0.3, -0.25) is 8.89 Å². The lowest BCUT2D eigenvalue weighted by molar-refractivity contribution is 0.675. The normalized spacial score (nSPS) is 12.6. The van der Waals surface area contributed by atoms with E-state index in [1.807, 2.05) is 33.0 Å². The summed E-state index contributed by atoms with van der Waals surface area (Å²) in [4.78, 5) is 0.783. The molecule has 6 heteroatoms. The van der Waals surface area contributed by atoms with E-state index < -0.39 is 10.8 Å². The number of rotatable bonds is 3. The Hall–Kier alpha value is -1.14. The van der Waals surface area contributed by atoms with Crippen molar-refractivity contribution < 1.29 is 4.21 Å². The molecule has 2 aromatic rings. The minimum absolute atomic E-state index is 0.419. The highest BCUT2D eigenvalue weighted by Gasteiger charge is 2.16. The average Bonchev–Trinajstić information content (AvgIpc) is 2.59. The SMILES string of the molecule is Cc1ccc(N)cc1S(=O)Cc1c(Br)c(C)nn1C. The first-order chi connectivity index (χ1) is 8.90. The third kappa shape index (κ3) is 2.90. The lowest BCUT2D eigenvalue weighted by Crippen LogP contribution is -2.05. The number of nitrogens with zero attached hydrogens (tertiary/aromatic N) is 2. The van der Waals surface area contributed by atoms with Crippen molar-refractivity contribution in [1.82, 2.24) is 9.78 Å². The van der Waals surface area contributed by atoms with Crippen LogP contribution in [0.3, 0.4) is 0 Å². The summed E-state index contributed by atoms with van der Waals surface area (Å²) in [6.07, 6.45) is 0. The highest BCUT2D eigenvalue weighted by atomic mass is 79.9. The van der Waals surface area contributed by atoms with Gasteiger partial charge in [0.15, 0.2) is 0 Å². The van der Waals surface area contributed by atoms with Gasteiger partial charge in [-0.25, -0.2) is 0 Å². The molecule has 0 radical (unpaired) electrons. The van der Waals surface area contributed by atoms with Crippen LogP contribution in [0.15, 0.2) is 27.6 Å². The van der Waals surface area contributed by atoms with Crippen LogP contribution >= 0.6 is 15.9 Å². The van der Waals surface area contributed by atoms with Crippen LogP contribution in [0.25, 0.3) is 0 Å². The van der Waals surface area contributed by atoms with Gasteiger partial charge in [-0.15, -0.1) is 0 Å². The van der Waals surface area contributed by atoms with Crippen molar-refractivity contribution in [2.75, 3.05) is 5.73 Å². The fraction of sp³-hybridized carbons (Fsp3) is 0.308. The Morgan fingerprint density at radius 1 is 1.42 bits per heavy atom. The number of aromatic nitrogens is 2. The molecule has 1 aromatic carbocycles. The maximum atomic E-state index is 12.5. The van der Waals surface area contributed by atoms with Crippen molar-refractivity contribution in [2.24, 2.45) is 7.05 Å². The molecule has 2 rings (SSSR count). The van der Waals surface area contributed by atoms with Crippen molar-refractivity contribution in [3.05, 3.63) is 39.6 Å². The van der Waals surface area contributed by atoms with Crippen LogP contribution in [-0.4, -0.2) is 14.0 Å². The Morgan fingerprint density at radius 3 is 2.68 bits per heavy atom. The predicted molar refractivity (Wildman–Crippen MR) is 81.3 cm³/mol. The summed E-state index contributed by atoms with van der Waals surface area (Å²) in [7, 11) is 0.723. The van der Waals surface area contributed by atoms with Gasteiger partial charge in [-0.1, -0.05) is 6.07 Å². The van der Waals surface area contributed by atoms with E-state index in [2.05, 4.69) is 21.0 Å². The number of hydrogen-bond donors (Lipinski definition) is 1. The Kier molecular flexibility index (Phi) is 4.10. The smallest absolute Gasteiger partial charge is 0.0738 e. The molecule has 1 heterocycles. The zero-order chi connectivity index (χ0) is 14.2. The van der Waals surface area contributed by atoms with Gasteiger partial charge in [-0.05, 0) is 47.5 Å². The summed E-state index contributed by atoms with van der Waals surface area (Å²) in [6, 6.07) is 5.49. The largest absolute Gasteiger partial charge is 0.399 e. The number of nitrogens with two attached hydrogens (primary N) is 1. The molecule has 0 aliphatic heterocycles. The van der Waals surface area contributed by atoms with Gasteiger partial charge in [0.25, 0.3) is 0 Å². The Labute approximate surface area is 123 Å². The van der Waals surface area contributed by atoms with E-state index in [-0.39, 0.29) is 0 Å². The number of aryl methyl sites for hydroxylation is 3. The summed E-state index contributed by atoms with van der Waals surface area (Å²) in [6.45, 7) is 3.86. The lowest BCUT2D eigenvalue weighted by Gasteiger charge is -2.08. The number of nitrogen functional groups attached to an aromatic ring is 1. The molecule has 2 N–H and O–H groups in total. The van der Waals surface area contributed by atoms with Crippen molar-refractivity contribution in [3.63, 3.8) is 0 Å². The molecular formula is C13H16BrN3OS. The van der Waals surface area contributed by atoms with Gasteiger partial charge in [-0.2, -0.15) is 5.10 Å². The molecule has 19 heavy (non-hydrogen) atoms. The van der Waals surface area contributed by atoms with E-state index in [1.165, 1.54) is 0 Å². The van der Waals surface area contributed by atoms with Gasteiger partial charge in [0, 0.05) is 17.6 Å². The lowest BCUT2D eigenvalue weighted by atomic mass is 10.2. The minimum Gasteiger partial charge on any atom is -0.399 e. The fourth-order valence-electron chi connectivity index (χ4n) is 1.90. The predicted octanol–water partition coefficient (Wildman–Crippen LogP) is 2.69. The molecule has 4 nitrogen and oxygen atoms in total. The van der Waals surface area contributed by atoms with Crippen LogP contribution in [0.2, 0.25) is 0 Å². The monoisotopic (exact) mass is 341 g/mol. The zero-order valence-corrected chi connectivity index (χ0v) is 13.5. The third-order valence-corrected chi connectivity index (χ3v) is 5.48. The maximum absolute atomic E-state index is 12.5. The van der Waals surface area contributed by atoms with Gasteiger partial charge >= 0.3 is 0 Å². The maximum Gasteiger partial charge on any atom is 0.0738 e. The summed E-state index contributed by atoms with van der Waals surface area (Å²) in [5.74, 6) is 0.419. The first-order valence-corrected chi connectivity index (χ1v) is 7.94. The van der Waals surface area contributed by atoms with Gasteiger partial charge in [0.1, 0.15) is 0 Å². The number of hydrogen-bond acceptors (Lipinski definition) is 3. The molecule has 0 bridgehead atoms. The van der Waals surface area contributed by atoms with Crippen molar-refractivity contribution in [1.29, 1.82) is 0 Å². The van der Waals surface area contributed by atoms with Gasteiger partial charge < -0.3 is 5.73 Å². The third-order valence-electron chi connectivity index (χ3n) is 2.99. The van der Waals surface area contributed by atoms with Crippen LogP contribution in [0.1, 0.15) is 17.0 Å². The summed E-state index contributed by atoms with van der Waals surface area (Å²) < 4.78 is 15.2. The van der Waals surface area contributed by atoms with Crippen LogP contribution in [0.5, 0.6) is 0 Å². The van der Waals surface area contributed by atoms with E-state index >= 15 is 0 Å². The van der Waals surface area contributed by atoms with E-state index in [0.29, 0.717) is 11.4 Å². The van der Waals surface area contributed by atoms with Crippen LogP contribution in [-0.2, 0) is 23.6 Å². The van der Waals surface area contributed by atoms with Gasteiger partial charge in [0.2, 0.25) is 0 Å². The molecule has 0 aliphatic carbocycles. The van der Waals surface area contributed by atoms with Crippen LogP contribution in [0, 0.1) is 13.8 Å². The Bertz CT molecular complexity index is 652. The molecule has 1 unspecified atom stereocenters. The molecule has 0 saturated carbocycles. The van der Waals surface area contributed by atoms with E-state index in [1.54, 1.807) is 10.7 Å². The molecule has 0 spiro atoms. The zero-order valence-electron chi connectivity index (χ0n) is 11.1. The second kappa shape index (κ2) is 5.46. The van der Waals surface area contributed by atoms with Crippen LogP contribution in [0.4, 0.5) is 5.69 Å². The molecule has 0 fully saturated rings. The minimum atomic E-state index is -1.13. The topological polar surface area (TPSA) is 60.9 Å². The second-order valence-electron chi connectivity index (χ2n) is 4.48. The molecule has 1 atom stereocenters. The van der Waals surface area contributed by atoms with E-state index in [0.717, 1.165) is 26.3 Å². The highest BCUT2D eigenvalue weighted by molar-refractivity contribution is 9.10. The van der Waals surface area contributed by atoms with Crippen molar-refractivity contribution >= 4 is 32.4 Å². The van der Waals surface area contributed by atoms with Crippen LogP contribution < -0.4 is 5.73 Å². The Morgan fingerprint density at radius 2 is 2.11 bits per heavy atom. The Balaban J connectivity index is 2.33. The van der Waals surface area contributed by atoms with Crippen molar-refractivity contribution in [3.8, 4) is 0 Å². The fourth-order valence-corrected chi connectivity index (χ4v) is 3.99. The summed E-state index contributed by atoms with van der Waals surface area (Å²) >= 11 is 3.49. The first kappa shape index (κ1) is 14.3.